The molecule has 0 spiro atoms. The Morgan fingerprint density at radius 2 is 2.07 bits per heavy atom. The van der Waals surface area contributed by atoms with Gasteiger partial charge in [0.2, 0.25) is 0 Å². The number of nitrogens with zero attached hydrogens (tertiary/aromatic N) is 2. The molecule has 1 aliphatic rings. The number of thiophene rings is 1. The van der Waals surface area contributed by atoms with Crippen LogP contribution in [0, 0.1) is 6.92 Å². The molecular formula is C21H22ClN3OS. The second-order valence-corrected chi connectivity index (χ2v) is 8.73. The fraction of sp³-hybridized carbons (Fsp3) is 0.333. The molecule has 1 amide bonds. The molecule has 0 saturated carbocycles. The van der Waals surface area contributed by atoms with Gasteiger partial charge in [0, 0.05) is 52.7 Å². The Morgan fingerprint density at radius 1 is 1.26 bits per heavy atom. The molecule has 0 bridgehead atoms. The van der Waals surface area contributed by atoms with E-state index in [0.29, 0.717) is 0 Å². The number of benzene rings is 1. The molecule has 1 saturated heterocycles. The van der Waals surface area contributed by atoms with E-state index in [0.717, 1.165) is 63.7 Å². The summed E-state index contributed by atoms with van der Waals surface area (Å²) in [7, 11) is 0. The summed E-state index contributed by atoms with van der Waals surface area (Å²) < 4.78 is 0. The molecule has 3 aromatic rings. The first-order valence-corrected chi connectivity index (χ1v) is 10.4. The van der Waals surface area contributed by atoms with Crippen LogP contribution in [-0.2, 0) is 6.54 Å². The maximum Gasteiger partial charge on any atom is 0.261 e. The SMILES string of the molecule is Cc1ccc(C(=O)NC2CCN(Cc3c(Cl)ccc4cccnc34)CC2)s1. The van der Waals surface area contributed by atoms with E-state index in [2.05, 4.69) is 21.3 Å². The van der Waals surface area contributed by atoms with Gasteiger partial charge >= 0.3 is 0 Å². The van der Waals surface area contributed by atoms with Crippen molar-refractivity contribution >= 4 is 39.7 Å². The first kappa shape index (κ1) is 18.4. The van der Waals surface area contributed by atoms with Gasteiger partial charge in [0.05, 0.1) is 10.4 Å². The number of likely N-dealkylation sites (tertiary alicyclic amines) is 1. The molecular weight excluding hydrogens is 378 g/mol. The van der Waals surface area contributed by atoms with Gasteiger partial charge in [-0.2, -0.15) is 0 Å². The van der Waals surface area contributed by atoms with Crippen molar-refractivity contribution < 1.29 is 4.79 Å². The van der Waals surface area contributed by atoms with Crippen molar-refractivity contribution in [2.45, 2.75) is 32.4 Å². The maximum absolute atomic E-state index is 12.3. The Bertz CT molecular complexity index is 963. The van der Waals surface area contributed by atoms with Crippen LogP contribution >= 0.6 is 22.9 Å². The maximum atomic E-state index is 12.3. The fourth-order valence-corrected chi connectivity index (χ4v) is 4.59. The molecule has 140 valence electrons. The summed E-state index contributed by atoms with van der Waals surface area (Å²) in [5.41, 5.74) is 2.07. The van der Waals surface area contributed by atoms with Crippen molar-refractivity contribution in [2.24, 2.45) is 0 Å². The Labute approximate surface area is 168 Å². The van der Waals surface area contributed by atoms with Gasteiger partial charge in [0.15, 0.2) is 0 Å². The molecule has 2 aromatic heterocycles. The van der Waals surface area contributed by atoms with Crippen LogP contribution in [0.25, 0.3) is 10.9 Å². The third-order valence-electron chi connectivity index (χ3n) is 5.09. The molecule has 3 heterocycles. The number of hydrogen-bond donors (Lipinski definition) is 1. The summed E-state index contributed by atoms with van der Waals surface area (Å²) in [5, 5.41) is 5.06. The van der Waals surface area contributed by atoms with E-state index in [9.17, 15) is 4.79 Å². The van der Waals surface area contributed by atoms with Crippen LogP contribution in [0.5, 0.6) is 0 Å². The Kier molecular flexibility index (Phi) is 5.43. The second kappa shape index (κ2) is 7.97. The quantitative estimate of drug-likeness (QED) is 0.694. The highest BCUT2D eigenvalue weighted by atomic mass is 35.5. The molecule has 0 radical (unpaired) electrons. The van der Waals surface area contributed by atoms with E-state index in [-0.39, 0.29) is 11.9 Å². The largest absolute Gasteiger partial charge is 0.349 e. The summed E-state index contributed by atoms with van der Waals surface area (Å²) in [6.07, 6.45) is 3.72. The van der Waals surface area contributed by atoms with E-state index in [1.807, 2.05) is 43.5 Å². The average molecular weight is 400 g/mol. The molecule has 4 nitrogen and oxygen atoms in total. The minimum absolute atomic E-state index is 0.0489. The number of hydrogen-bond acceptors (Lipinski definition) is 4. The number of halogens is 1. The van der Waals surface area contributed by atoms with Crippen LogP contribution < -0.4 is 5.32 Å². The van der Waals surface area contributed by atoms with Crippen LogP contribution in [-0.4, -0.2) is 34.9 Å². The molecule has 1 aromatic carbocycles. The van der Waals surface area contributed by atoms with E-state index in [1.165, 1.54) is 0 Å². The van der Waals surface area contributed by atoms with Crippen molar-refractivity contribution in [3.8, 4) is 0 Å². The number of carbonyl (C=O) groups excluding carboxylic acids is 1. The van der Waals surface area contributed by atoms with Gasteiger partial charge < -0.3 is 5.32 Å². The van der Waals surface area contributed by atoms with Crippen LogP contribution in [0.15, 0.2) is 42.6 Å². The van der Waals surface area contributed by atoms with Gasteiger partial charge in [-0.25, -0.2) is 0 Å². The van der Waals surface area contributed by atoms with Gasteiger partial charge in [-0.3, -0.25) is 14.7 Å². The molecule has 1 N–H and O–H groups in total. The van der Waals surface area contributed by atoms with Crippen LogP contribution in [0.2, 0.25) is 5.02 Å². The highest BCUT2D eigenvalue weighted by Crippen LogP contribution is 2.27. The summed E-state index contributed by atoms with van der Waals surface area (Å²) in [5.74, 6) is 0.0489. The Balaban J connectivity index is 1.37. The summed E-state index contributed by atoms with van der Waals surface area (Å²) >= 11 is 8.01. The van der Waals surface area contributed by atoms with Crippen LogP contribution in [0.4, 0.5) is 0 Å². The summed E-state index contributed by atoms with van der Waals surface area (Å²) in [4.78, 5) is 21.2. The van der Waals surface area contributed by atoms with Crippen molar-refractivity contribution in [2.75, 3.05) is 13.1 Å². The normalized spacial score (nSPS) is 15.9. The van der Waals surface area contributed by atoms with Crippen molar-refractivity contribution in [3.05, 3.63) is 62.9 Å². The number of nitrogens with one attached hydrogen (secondary N) is 1. The lowest BCUT2D eigenvalue weighted by Gasteiger charge is -2.32. The van der Waals surface area contributed by atoms with Crippen LogP contribution in [0.1, 0.15) is 33.0 Å². The summed E-state index contributed by atoms with van der Waals surface area (Å²) in [6, 6.07) is 12.1. The lowest BCUT2D eigenvalue weighted by Crippen LogP contribution is -2.44. The Hall–Kier alpha value is -1.95. The molecule has 27 heavy (non-hydrogen) atoms. The average Bonchev–Trinajstić information content (AvgIpc) is 3.12. The van der Waals surface area contributed by atoms with E-state index in [1.54, 1.807) is 11.3 Å². The molecule has 6 heteroatoms. The predicted molar refractivity (Wildman–Crippen MR) is 112 cm³/mol. The molecule has 1 fully saturated rings. The number of aromatic nitrogens is 1. The highest BCUT2D eigenvalue weighted by molar-refractivity contribution is 7.13. The first-order chi connectivity index (χ1) is 13.1. The number of pyridine rings is 1. The smallest absolute Gasteiger partial charge is 0.261 e. The van der Waals surface area contributed by atoms with E-state index >= 15 is 0 Å². The number of carbonyl (C=O) groups is 1. The van der Waals surface area contributed by atoms with Gasteiger partial charge in [-0.05, 0) is 44.0 Å². The second-order valence-electron chi connectivity index (χ2n) is 7.04. The molecule has 0 unspecified atom stereocenters. The third kappa shape index (κ3) is 4.15. The predicted octanol–water partition coefficient (Wildman–Crippen LogP) is 4.65. The summed E-state index contributed by atoms with van der Waals surface area (Å²) in [6.45, 7) is 4.69. The topological polar surface area (TPSA) is 45.2 Å². The number of amides is 1. The minimum atomic E-state index is 0.0489. The number of fused-ring (bicyclic) bond motifs is 1. The lowest BCUT2D eigenvalue weighted by molar-refractivity contribution is 0.0913. The minimum Gasteiger partial charge on any atom is -0.349 e. The monoisotopic (exact) mass is 399 g/mol. The fourth-order valence-electron chi connectivity index (χ4n) is 3.60. The van der Waals surface area contributed by atoms with E-state index < -0.39 is 0 Å². The van der Waals surface area contributed by atoms with Gasteiger partial charge in [-0.15, -0.1) is 11.3 Å². The van der Waals surface area contributed by atoms with E-state index in [4.69, 9.17) is 11.6 Å². The van der Waals surface area contributed by atoms with Gasteiger partial charge in [-0.1, -0.05) is 23.7 Å². The zero-order chi connectivity index (χ0) is 18.8. The lowest BCUT2D eigenvalue weighted by atomic mass is 10.0. The van der Waals surface area contributed by atoms with Crippen LogP contribution in [0.3, 0.4) is 0 Å². The molecule has 0 aliphatic carbocycles. The number of aryl methyl sites for hydroxylation is 1. The number of piperidine rings is 1. The third-order valence-corrected chi connectivity index (χ3v) is 6.44. The van der Waals surface area contributed by atoms with Gasteiger partial charge in [0.25, 0.3) is 5.91 Å². The van der Waals surface area contributed by atoms with Crippen molar-refractivity contribution in [3.63, 3.8) is 0 Å². The van der Waals surface area contributed by atoms with Gasteiger partial charge in [0.1, 0.15) is 0 Å². The number of rotatable bonds is 4. The standard InChI is InChI=1S/C21H22ClN3OS/c1-14-4-7-19(27-14)21(26)24-16-8-11-25(12-9-16)13-17-18(22)6-5-15-3-2-10-23-20(15)17/h2-7,10,16H,8-9,11-13H2,1H3,(H,24,26). The molecule has 4 rings (SSSR count). The highest BCUT2D eigenvalue weighted by Gasteiger charge is 2.23. The first-order valence-electron chi connectivity index (χ1n) is 9.22. The zero-order valence-electron chi connectivity index (χ0n) is 15.2. The molecule has 1 aliphatic heterocycles. The van der Waals surface area contributed by atoms with Crippen molar-refractivity contribution in [1.82, 2.24) is 15.2 Å². The Morgan fingerprint density at radius 3 is 2.81 bits per heavy atom. The zero-order valence-corrected chi connectivity index (χ0v) is 16.8. The molecule has 0 atom stereocenters. The van der Waals surface area contributed by atoms with Crippen molar-refractivity contribution in [1.29, 1.82) is 0 Å².